The molecule has 0 aromatic carbocycles. The molecule has 0 aliphatic heterocycles. The van der Waals surface area contributed by atoms with Gasteiger partial charge in [0.25, 0.3) is 0 Å². The average Bonchev–Trinajstić information content (AvgIpc) is 3.42. The van der Waals surface area contributed by atoms with Crippen LogP contribution in [-0.2, 0) is 0 Å². The first-order valence-electron chi connectivity index (χ1n) is 8.98. The van der Waals surface area contributed by atoms with Gasteiger partial charge in [0, 0.05) is 19.5 Å². The lowest BCUT2D eigenvalue weighted by Gasteiger charge is -2.07. The topological polar surface area (TPSA) is 95.2 Å². The molecule has 1 aliphatic rings. The fourth-order valence-electron chi connectivity index (χ4n) is 3.55. The van der Waals surface area contributed by atoms with Crippen molar-refractivity contribution in [1.29, 1.82) is 21.0 Å². The summed E-state index contributed by atoms with van der Waals surface area (Å²) in [6, 6.07) is 11.8. The molecule has 0 fully saturated rings. The second kappa shape index (κ2) is 8.72. The highest BCUT2D eigenvalue weighted by molar-refractivity contribution is 7.13. The number of thiophene rings is 2. The van der Waals surface area contributed by atoms with Gasteiger partial charge < -0.3 is 0 Å². The van der Waals surface area contributed by atoms with Gasteiger partial charge in [-0.25, -0.2) is 0 Å². The molecular weight excluding hydrogens is 396 g/mol. The Morgan fingerprint density at radius 3 is 1.48 bits per heavy atom. The van der Waals surface area contributed by atoms with Gasteiger partial charge in [0.05, 0.1) is 0 Å². The second-order valence-electron chi connectivity index (χ2n) is 6.61. The summed E-state index contributed by atoms with van der Waals surface area (Å²) in [6.07, 6.45) is 6.33. The fraction of sp³-hybridized carbons (Fsp3) is 0.217. The standard InChI is InChI=1S/C23H16N4S2/c1-14-22(8-18(28-14)6-16(10-24)11-25)20-4-3-5-21(20)23-9-19(29-15(23)2)7-17(12-26)13-27/h6-9H,3-5H2,1-2H3. The molecule has 2 aromatic rings. The van der Waals surface area contributed by atoms with Crippen molar-refractivity contribution >= 4 is 46.0 Å². The molecule has 0 radical (unpaired) electrons. The molecule has 0 amide bonds. The molecular formula is C23H16N4S2. The quantitative estimate of drug-likeness (QED) is 0.544. The molecule has 140 valence electrons. The van der Waals surface area contributed by atoms with E-state index >= 15 is 0 Å². The molecule has 0 saturated carbocycles. The number of hydrogen-bond acceptors (Lipinski definition) is 6. The van der Waals surface area contributed by atoms with E-state index in [2.05, 4.69) is 26.0 Å². The lowest BCUT2D eigenvalue weighted by molar-refractivity contribution is 0.941. The molecule has 29 heavy (non-hydrogen) atoms. The number of allylic oxidation sites excluding steroid dienone is 4. The van der Waals surface area contributed by atoms with Crippen molar-refractivity contribution in [2.45, 2.75) is 33.1 Å². The summed E-state index contributed by atoms with van der Waals surface area (Å²) in [5.74, 6) is 0. The van der Waals surface area contributed by atoms with Gasteiger partial charge in [-0.1, -0.05) is 0 Å². The van der Waals surface area contributed by atoms with Gasteiger partial charge in [-0.2, -0.15) is 21.0 Å². The van der Waals surface area contributed by atoms with Crippen LogP contribution in [0.25, 0.3) is 23.3 Å². The summed E-state index contributed by atoms with van der Waals surface area (Å²) >= 11 is 3.18. The van der Waals surface area contributed by atoms with E-state index in [1.165, 1.54) is 32.0 Å². The largest absolute Gasteiger partial charge is 0.192 e. The third-order valence-corrected chi connectivity index (χ3v) is 6.79. The van der Waals surface area contributed by atoms with Gasteiger partial charge in [0.2, 0.25) is 0 Å². The van der Waals surface area contributed by atoms with E-state index in [1.807, 2.05) is 24.3 Å². The summed E-state index contributed by atoms with van der Waals surface area (Å²) < 4.78 is 0. The van der Waals surface area contributed by atoms with Crippen LogP contribution in [0.1, 0.15) is 49.9 Å². The molecule has 2 aromatic heterocycles. The Kier molecular flexibility index (Phi) is 6.11. The Bertz CT molecular complexity index is 1110. The number of hydrogen-bond donors (Lipinski definition) is 0. The summed E-state index contributed by atoms with van der Waals surface area (Å²) in [5, 5.41) is 36.0. The molecule has 4 nitrogen and oxygen atoms in total. The smallest absolute Gasteiger partial charge is 0.131 e. The molecule has 1 aliphatic carbocycles. The van der Waals surface area contributed by atoms with Crippen LogP contribution in [0.15, 0.2) is 23.3 Å². The van der Waals surface area contributed by atoms with Gasteiger partial charge in [0.1, 0.15) is 35.4 Å². The van der Waals surface area contributed by atoms with Crippen LogP contribution in [0.2, 0.25) is 0 Å². The minimum Gasteiger partial charge on any atom is -0.192 e. The zero-order chi connectivity index (χ0) is 21.0. The minimum atomic E-state index is 0.106. The van der Waals surface area contributed by atoms with Crippen LogP contribution < -0.4 is 0 Å². The second-order valence-corrected chi connectivity index (χ2v) is 9.19. The van der Waals surface area contributed by atoms with Gasteiger partial charge in [-0.3, -0.25) is 0 Å². The van der Waals surface area contributed by atoms with E-state index < -0.39 is 0 Å². The molecule has 2 heterocycles. The molecule has 0 spiro atoms. The fourth-order valence-corrected chi connectivity index (χ4v) is 5.55. The number of aryl methyl sites for hydroxylation is 2. The van der Waals surface area contributed by atoms with Crippen LogP contribution in [0.3, 0.4) is 0 Å². The van der Waals surface area contributed by atoms with E-state index in [9.17, 15) is 0 Å². The predicted octanol–water partition coefficient (Wildman–Crippen LogP) is 6.38. The van der Waals surface area contributed by atoms with E-state index in [0.29, 0.717) is 0 Å². The van der Waals surface area contributed by atoms with Gasteiger partial charge >= 0.3 is 0 Å². The highest BCUT2D eigenvalue weighted by Crippen LogP contribution is 2.45. The highest BCUT2D eigenvalue weighted by atomic mass is 32.1. The Labute approximate surface area is 178 Å². The van der Waals surface area contributed by atoms with Crippen molar-refractivity contribution in [1.82, 2.24) is 0 Å². The predicted molar refractivity (Wildman–Crippen MR) is 117 cm³/mol. The van der Waals surface area contributed by atoms with E-state index in [1.54, 1.807) is 34.8 Å². The molecule has 6 heteroatoms. The first-order chi connectivity index (χ1) is 14.0. The van der Waals surface area contributed by atoms with Crippen molar-refractivity contribution in [3.05, 3.63) is 53.9 Å². The lowest BCUT2D eigenvalue weighted by Crippen LogP contribution is -1.86. The molecule has 3 rings (SSSR count). The zero-order valence-corrected chi connectivity index (χ0v) is 17.7. The molecule has 0 atom stereocenters. The third kappa shape index (κ3) is 4.21. The molecule has 0 bridgehead atoms. The van der Waals surface area contributed by atoms with Crippen molar-refractivity contribution < 1.29 is 0 Å². The highest BCUT2D eigenvalue weighted by Gasteiger charge is 2.22. The normalized spacial score (nSPS) is 12.5. The van der Waals surface area contributed by atoms with E-state index in [-0.39, 0.29) is 11.1 Å². The monoisotopic (exact) mass is 412 g/mol. The van der Waals surface area contributed by atoms with Crippen molar-refractivity contribution in [2.24, 2.45) is 0 Å². The minimum absolute atomic E-state index is 0.106. The summed E-state index contributed by atoms with van der Waals surface area (Å²) in [6.45, 7) is 4.14. The lowest BCUT2D eigenvalue weighted by atomic mass is 9.97. The van der Waals surface area contributed by atoms with Crippen molar-refractivity contribution in [2.75, 3.05) is 0 Å². The Morgan fingerprint density at radius 2 is 1.14 bits per heavy atom. The maximum Gasteiger partial charge on any atom is 0.131 e. The van der Waals surface area contributed by atoms with Crippen LogP contribution in [0, 0.1) is 59.2 Å². The van der Waals surface area contributed by atoms with Gasteiger partial charge in [-0.05, 0) is 79.7 Å². The number of nitriles is 4. The van der Waals surface area contributed by atoms with Gasteiger partial charge in [0.15, 0.2) is 0 Å². The number of rotatable bonds is 4. The summed E-state index contributed by atoms with van der Waals surface area (Å²) in [5.41, 5.74) is 5.20. The van der Waals surface area contributed by atoms with E-state index in [0.717, 1.165) is 29.0 Å². The van der Waals surface area contributed by atoms with E-state index in [4.69, 9.17) is 21.0 Å². The van der Waals surface area contributed by atoms with Crippen LogP contribution in [0.4, 0.5) is 0 Å². The van der Waals surface area contributed by atoms with Crippen molar-refractivity contribution in [3.63, 3.8) is 0 Å². The summed E-state index contributed by atoms with van der Waals surface area (Å²) in [4.78, 5) is 4.16. The maximum absolute atomic E-state index is 9.01. The molecule has 0 saturated heterocycles. The number of nitrogens with zero attached hydrogens (tertiary/aromatic N) is 4. The van der Waals surface area contributed by atoms with Crippen molar-refractivity contribution in [3.8, 4) is 24.3 Å². The maximum atomic E-state index is 9.01. The Hall–Kier alpha value is -3.42. The first-order valence-corrected chi connectivity index (χ1v) is 10.6. The third-order valence-electron chi connectivity index (χ3n) is 4.80. The van der Waals surface area contributed by atoms with Crippen LogP contribution in [-0.4, -0.2) is 0 Å². The Balaban J connectivity index is 2.07. The summed E-state index contributed by atoms with van der Waals surface area (Å²) in [7, 11) is 0. The first kappa shape index (κ1) is 20.3. The van der Waals surface area contributed by atoms with Crippen LogP contribution in [0.5, 0.6) is 0 Å². The molecule has 0 N–H and O–H groups in total. The SMILES string of the molecule is Cc1sc(C=C(C#N)C#N)cc1C1=C(c2cc(C=C(C#N)C#N)sc2C)CCC1. The average molecular weight is 413 g/mol. The molecule has 0 unspecified atom stereocenters. The Morgan fingerprint density at radius 1 is 0.759 bits per heavy atom. The zero-order valence-electron chi connectivity index (χ0n) is 16.0. The van der Waals surface area contributed by atoms with Gasteiger partial charge in [-0.15, -0.1) is 22.7 Å². The van der Waals surface area contributed by atoms with Crippen LogP contribution >= 0.6 is 22.7 Å².